The van der Waals surface area contributed by atoms with Gasteiger partial charge in [0.05, 0.1) is 33.8 Å². The van der Waals surface area contributed by atoms with Crippen molar-refractivity contribution in [3.05, 3.63) is 89.8 Å². The first-order valence-corrected chi connectivity index (χ1v) is 13.7. The topological polar surface area (TPSA) is 83.5 Å². The van der Waals surface area contributed by atoms with Crippen LogP contribution in [0.15, 0.2) is 67.0 Å². The molecule has 1 atom stereocenters. The third-order valence-corrected chi connectivity index (χ3v) is 7.33. The number of likely N-dealkylation sites (N-methyl/N-ethyl adjacent to an activating group) is 2. The number of rotatable bonds is 8. The Balaban J connectivity index is 1.44. The number of aryl methyl sites for hydroxylation is 1. The molecule has 224 valence electrons. The summed E-state index contributed by atoms with van der Waals surface area (Å²) >= 11 is 0. The molecular formula is C31H30F4N6O2. The first kappa shape index (κ1) is 29.9. The molecule has 8 nitrogen and oxygen atoms in total. The highest BCUT2D eigenvalue weighted by Gasteiger charge is 2.33. The number of ether oxygens (including phenoxy) is 1. The molecule has 0 spiro atoms. The van der Waals surface area contributed by atoms with Crippen LogP contribution in [0.2, 0.25) is 0 Å². The number of aromatic nitrogens is 3. The molecule has 0 saturated carbocycles. The Morgan fingerprint density at radius 3 is 2.65 bits per heavy atom. The maximum Gasteiger partial charge on any atom is 0.416 e. The van der Waals surface area contributed by atoms with Crippen molar-refractivity contribution in [3.8, 4) is 22.9 Å². The van der Waals surface area contributed by atoms with Crippen LogP contribution in [0.1, 0.15) is 35.1 Å². The Labute approximate surface area is 246 Å². The van der Waals surface area contributed by atoms with E-state index in [1.165, 1.54) is 24.4 Å². The first-order valence-electron chi connectivity index (χ1n) is 13.7. The lowest BCUT2D eigenvalue weighted by Crippen LogP contribution is -2.34. The average molecular weight is 595 g/mol. The maximum absolute atomic E-state index is 15.0. The van der Waals surface area contributed by atoms with Gasteiger partial charge in [-0.05, 0) is 74.6 Å². The van der Waals surface area contributed by atoms with Crippen LogP contribution in [0.4, 0.5) is 28.9 Å². The second-order valence-electron chi connectivity index (χ2n) is 10.3. The summed E-state index contributed by atoms with van der Waals surface area (Å²) < 4.78 is 61.8. The van der Waals surface area contributed by atoms with E-state index >= 15 is 0 Å². The van der Waals surface area contributed by atoms with Gasteiger partial charge in [0, 0.05) is 38.4 Å². The molecule has 1 aliphatic rings. The number of pyridine rings is 1. The molecule has 1 saturated heterocycles. The van der Waals surface area contributed by atoms with Crippen LogP contribution in [0.25, 0.3) is 11.3 Å². The third kappa shape index (κ3) is 6.75. The van der Waals surface area contributed by atoms with Crippen molar-refractivity contribution in [2.75, 3.05) is 37.4 Å². The number of nitrogens with one attached hydrogen (secondary N) is 1. The van der Waals surface area contributed by atoms with Crippen LogP contribution in [0, 0.1) is 5.82 Å². The van der Waals surface area contributed by atoms with Crippen LogP contribution in [-0.4, -0.2) is 59.0 Å². The van der Waals surface area contributed by atoms with E-state index in [2.05, 4.69) is 25.2 Å². The van der Waals surface area contributed by atoms with Crippen LogP contribution < -0.4 is 15.0 Å². The predicted octanol–water partition coefficient (Wildman–Crippen LogP) is 6.44. The van der Waals surface area contributed by atoms with Gasteiger partial charge in [0.1, 0.15) is 17.4 Å². The fourth-order valence-corrected chi connectivity index (χ4v) is 4.97. The van der Waals surface area contributed by atoms with Crippen LogP contribution in [-0.2, 0) is 12.6 Å². The second kappa shape index (κ2) is 12.3. The van der Waals surface area contributed by atoms with E-state index in [0.29, 0.717) is 35.7 Å². The fraction of sp³-hybridized carbons (Fsp3) is 0.290. The van der Waals surface area contributed by atoms with Gasteiger partial charge in [-0.2, -0.15) is 13.2 Å². The van der Waals surface area contributed by atoms with Crippen molar-refractivity contribution < 1.29 is 27.1 Å². The molecule has 0 aliphatic carbocycles. The zero-order chi connectivity index (χ0) is 30.7. The number of alkyl halides is 3. The standard InChI is InChI=1S/C31H30F4N6O2/c1-4-28-36-14-11-25(38-28)22-6-5-13-37-30(22)43-21-8-9-24(32)23(17-21)29(42)39-26-16-19(31(33,34)35)7-10-27(26)41(3)20-12-15-40(2)18-20/h5-11,13-14,16-17,20H,4,12,15,18H2,1-3H3,(H,39,42)/t20-/m1/s1. The third-order valence-electron chi connectivity index (χ3n) is 7.33. The van der Waals surface area contributed by atoms with Crippen molar-refractivity contribution in [1.82, 2.24) is 19.9 Å². The highest BCUT2D eigenvalue weighted by molar-refractivity contribution is 6.06. The van der Waals surface area contributed by atoms with E-state index in [1.54, 1.807) is 31.4 Å². The summed E-state index contributed by atoms with van der Waals surface area (Å²) in [5.41, 5.74) is 0.111. The number of halogens is 4. The van der Waals surface area contributed by atoms with Gasteiger partial charge in [-0.3, -0.25) is 4.79 Å². The summed E-state index contributed by atoms with van der Waals surface area (Å²) in [5, 5.41) is 2.51. The van der Waals surface area contributed by atoms with Gasteiger partial charge in [-0.25, -0.2) is 19.3 Å². The van der Waals surface area contributed by atoms with Crippen LogP contribution in [0.3, 0.4) is 0 Å². The van der Waals surface area contributed by atoms with Crippen molar-refractivity contribution in [3.63, 3.8) is 0 Å². The highest BCUT2D eigenvalue weighted by atomic mass is 19.4. The summed E-state index contributed by atoms with van der Waals surface area (Å²) in [6.07, 6.45) is -0.0545. The largest absolute Gasteiger partial charge is 0.438 e. The normalized spacial score (nSPS) is 15.4. The predicted molar refractivity (Wildman–Crippen MR) is 155 cm³/mol. The molecule has 5 rings (SSSR count). The van der Waals surface area contributed by atoms with E-state index in [9.17, 15) is 22.4 Å². The zero-order valence-corrected chi connectivity index (χ0v) is 23.8. The monoisotopic (exact) mass is 594 g/mol. The number of likely N-dealkylation sites (tertiary alicyclic amines) is 1. The molecule has 0 bridgehead atoms. The van der Waals surface area contributed by atoms with Crippen LogP contribution in [0.5, 0.6) is 11.6 Å². The number of hydrogen-bond acceptors (Lipinski definition) is 7. The van der Waals surface area contributed by atoms with Crippen molar-refractivity contribution >= 4 is 17.3 Å². The second-order valence-corrected chi connectivity index (χ2v) is 10.3. The number of nitrogens with zero attached hydrogens (tertiary/aromatic N) is 5. The molecule has 2 aromatic carbocycles. The molecule has 1 amide bonds. The number of carbonyl (C=O) groups is 1. The molecule has 0 radical (unpaired) electrons. The molecular weight excluding hydrogens is 564 g/mol. The average Bonchev–Trinajstić information content (AvgIpc) is 3.43. The lowest BCUT2D eigenvalue weighted by molar-refractivity contribution is -0.137. The van der Waals surface area contributed by atoms with E-state index in [1.807, 2.05) is 18.9 Å². The minimum absolute atomic E-state index is 0.0294. The summed E-state index contributed by atoms with van der Waals surface area (Å²) in [4.78, 5) is 30.3. The van der Waals surface area contributed by atoms with Gasteiger partial charge in [0.15, 0.2) is 0 Å². The number of benzene rings is 2. The lowest BCUT2D eigenvalue weighted by atomic mass is 10.1. The minimum atomic E-state index is -4.63. The van der Waals surface area contributed by atoms with Gasteiger partial charge in [0.25, 0.3) is 5.91 Å². The SMILES string of the molecule is CCc1nccc(-c2cccnc2Oc2ccc(F)c(C(=O)Nc3cc(C(F)(F)F)ccc3N(C)[C@@H]3CCN(C)C3)c2)n1. The summed E-state index contributed by atoms with van der Waals surface area (Å²) in [6.45, 7) is 3.48. The lowest BCUT2D eigenvalue weighted by Gasteiger charge is -2.29. The van der Waals surface area contributed by atoms with E-state index < -0.39 is 29.0 Å². The summed E-state index contributed by atoms with van der Waals surface area (Å²) in [7, 11) is 3.73. The Morgan fingerprint density at radius 1 is 1.12 bits per heavy atom. The number of amides is 1. The smallest absolute Gasteiger partial charge is 0.416 e. The van der Waals surface area contributed by atoms with Gasteiger partial charge in [-0.15, -0.1) is 0 Å². The summed E-state index contributed by atoms with van der Waals surface area (Å²) in [5.74, 6) is -0.886. The van der Waals surface area contributed by atoms with E-state index in [4.69, 9.17) is 4.74 Å². The highest BCUT2D eigenvalue weighted by Crippen LogP contribution is 2.37. The molecule has 3 heterocycles. The first-order chi connectivity index (χ1) is 20.5. The molecule has 12 heteroatoms. The number of anilines is 2. The molecule has 43 heavy (non-hydrogen) atoms. The molecule has 0 unspecified atom stereocenters. The Kier molecular flexibility index (Phi) is 8.58. The van der Waals surface area contributed by atoms with Crippen molar-refractivity contribution in [2.45, 2.75) is 32.0 Å². The van der Waals surface area contributed by atoms with Crippen LogP contribution >= 0.6 is 0 Å². The fourth-order valence-electron chi connectivity index (χ4n) is 4.97. The van der Waals surface area contributed by atoms with Crippen molar-refractivity contribution in [2.24, 2.45) is 0 Å². The van der Waals surface area contributed by atoms with E-state index in [0.717, 1.165) is 31.2 Å². The molecule has 1 N–H and O–H groups in total. The number of carbonyl (C=O) groups excluding carboxylic acids is 1. The van der Waals surface area contributed by atoms with E-state index in [-0.39, 0.29) is 23.4 Å². The Morgan fingerprint density at radius 2 is 1.93 bits per heavy atom. The Bertz CT molecular complexity index is 1630. The quantitative estimate of drug-likeness (QED) is 0.235. The maximum atomic E-state index is 15.0. The van der Waals surface area contributed by atoms with Gasteiger partial charge < -0.3 is 19.9 Å². The Hall–Kier alpha value is -4.58. The summed E-state index contributed by atoms with van der Waals surface area (Å²) in [6, 6.07) is 12.0. The van der Waals surface area contributed by atoms with Crippen molar-refractivity contribution in [1.29, 1.82) is 0 Å². The number of hydrogen-bond donors (Lipinski definition) is 1. The minimum Gasteiger partial charge on any atom is -0.438 e. The molecule has 1 fully saturated rings. The molecule has 4 aromatic rings. The zero-order valence-electron chi connectivity index (χ0n) is 23.8. The molecule has 2 aromatic heterocycles. The molecule has 1 aliphatic heterocycles. The van der Waals surface area contributed by atoms with Gasteiger partial charge in [0.2, 0.25) is 5.88 Å². The van der Waals surface area contributed by atoms with Gasteiger partial charge >= 0.3 is 6.18 Å². The van der Waals surface area contributed by atoms with Gasteiger partial charge in [-0.1, -0.05) is 6.92 Å².